The number of ether oxygens (including phenoxy) is 2. The van der Waals surface area contributed by atoms with Crippen LogP contribution in [-0.2, 0) is 25.5 Å². The molecule has 0 spiro atoms. The monoisotopic (exact) mass is 404 g/mol. The lowest BCUT2D eigenvalue weighted by Gasteiger charge is -2.26. The molecule has 1 heterocycles. The number of benzene rings is 1. The summed E-state index contributed by atoms with van der Waals surface area (Å²) in [6.07, 6.45) is 0.363. The van der Waals surface area contributed by atoms with Gasteiger partial charge in [-0.3, -0.25) is 14.2 Å². The molecule has 0 bridgehead atoms. The van der Waals surface area contributed by atoms with E-state index < -0.39 is 29.8 Å². The van der Waals surface area contributed by atoms with Gasteiger partial charge in [-0.05, 0) is 45.7 Å². The van der Waals surface area contributed by atoms with Crippen molar-refractivity contribution < 1.29 is 29.0 Å². The number of hydrogen-bond acceptors (Lipinski definition) is 6. The number of alkyl carbamates (subject to hydrolysis) is 1. The minimum atomic E-state index is -1.19. The fourth-order valence-corrected chi connectivity index (χ4v) is 3.04. The molecule has 0 saturated heterocycles. The van der Waals surface area contributed by atoms with E-state index >= 15 is 0 Å². The van der Waals surface area contributed by atoms with Gasteiger partial charge >= 0.3 is 12.1 Å². The number of aliphatic hydroxyl groups is 1. The van der Waals surface area contributed by atoms with Crippen LogP contribution in [0.5, 0.6) is 0 Å². The summed E-state index contributed by atoms with van der Waals surface area (Å²) in [5, 5.41) is 14.1. The number of amides is 1. The zero-order chi connectivity index (χ0) is 21.6. The van der Waals surface area contributed by atoms with Gasteiger partial charge in [-0.25, -0.2) is 4.79 Å². The maximum Gasteiger partial charge on any atom is 0.407 e. The van der Waals surface area contributed by atoms with E-state index in [9.17, 15) is 19.5 Å². The second kappa shape index (κ2) is 9.56. The quantitative estimate of drug-likeness (QED) is 0.517. The van der Waals surface area contributed by atoms with Gasteiger partial charge < -0.3 is 19.9 Å². The Kier molecular flexibility index (Phi) is 7.39. The Labute approximate surface area is 169 Å². The maximum atomic E-state index is 12.3. The number of aliphatic hydroxyl groups excluding tert-OH is 1. The molecule has 1 aromatic carbocycles. The van der Waals surface area contributed by atoms with Gasteiger partial charge in [-0.2, -0.15) is 0 Å². The first-order chi connectivity index (χ1) is 13.6. The molecule has 29 heavy (non-hydrogen) atoms. The number of rotatable bonds is 8. The number of esters is 1. The molecule has 0 fully saturated rings. The molecule has 0 aliphatic carbocycles. The van der Waals surface area contributed by atoms with Crippen molar-refractivity contribution in [2.24, 2.45) is 0 Å². The van der Waals surface area contributed by atoms with Gasteiger partial charge in [0.25, 0.3) is 0 Å². The Morgan fingerprint density at radius 1 is 1.28 bits per heavy atom. The normalized spacial score (nSPS) is 13.6. The van der Waals surface area contributed by atoms with E-state index in [4.69, 9.17) is 9.47 Å². The van der Waals surface area contributed by atoms with Crippen LogP contribution in [0.15, 0.2) is 30.5 Å². The lowest BCUT2D eigenvalue weighted by Crippen LogP contribution is -2.47. The summed E-state index contributed by atoms with van der Waals surface area (Å²) in [5.74, 6) is -0.564. The Bertz CT molecular complexity index is 868. The van der Waals surface area contributed by atoms with Crippen LogP contribution in [0.2, 0.25) is 0 Å². The minimum absolute atomic E-state index is 0.196. The lowest BCUT2D eigenvalue weighted by atomic mass is 9.99. The molecule has 2 atom stereocenters. The predicted octanol–water partition coefficient (Wildman–Crippen LogP) is 2.43. The van der Waals surface area contributed by atoms with Crippen molar-refractivity contribution in [1.29, 1.82) is 0 Å². The number of aromatic nitrogens is 1. The number of para-hydroxylation sites is 1. The first-order valence-corrected chi connectivity index (χ1v) is 9.51. The number of nitrogens with one attached hydrogen (secondary N) is 1. The molecule has 2 aromatic rings. The van der Waals surface area contributed by atoms with E-state index in [1.165, 1.54) is 4.57 Å². The van der Waals surface area contributed by atoms with Crippen LogP contribution in [0.25, 0.3) is 10.9 Å². The van der Waals surface area contributed by atoms with Gasteiger partial charge in [0.15, 0.2) is 0 Å². The van der Waals surface area contributed by atoms with Gasteiger partial charge in [0, 0.05) is 11.6 Å². The molecule has 0 unspecified atom stereocenters. The Morgan fingerprint density at radius 3 is 2.59 bits per heavy atom. The van der Waals surface area contributed by atoms with E-state index in [0.29, 0.717) is 11.9 Å². The molecule has 1 aromatic heterocycles. The first kappa shape index (κ1) is 22.4. The van der Waals surface area contributed by atoms with E-state index in [0.717, 1.165) is 10.9 Å². The summed E-state index contributed by atoms with van der Waals surface area (Å²) in [6, 6.07) is 6.50. The number of nitrogens with zero attached hydrogens (tertiary/aromatic N) is 1. The van der Waals surface area contributed by atoms with E-state index in [1.54, 1.807) is 40.0 Å². The van der Waals surface area contributed by atoms with E-state index in [1.807, 2.05) is 18.2 Å². The summed E-state index contributed by atoms with van der Waals surface area (Å²) >= 11 is 0. The first-order valence-electron chi connectivity index (χ1n) is 9.51. The molecule has 8 heteroatoms. The third kappa shape index (κ3) is 6.32. The molecule has 8 nitrogen and oxygen atoms in total. The standard InChI is InChI=1S/C21H28N2O6/c1-5-28-19(26)11-18(25)16(22-20(27)29-21(2,3)4)10-14-12-23(13-24)17-9-7-6-8-15(14)17/h6-9,12-13,16,18,25H,5,10-11H2,1-4H3,(H,22,27)/t16-,18+/m1/s1. The Balaban J connectivity index is 2.28. The van der Waals surface area contributed by atoms with Gasteiger partial charge in [-0.15, -0.1) is 0 Å². The highest BCUT2D eigenvalue weighted by Crippen LogP contribution is 2.23. The molecule has 0 aliphatic heterocycles. The summed E-state index contributed by atoms with van der Waals surface area (Å²) in [4.78, 5) is 35.5. The third-order valence-electron chi connectivity index (χ3n) is 4.22. The van der Waals surface area contributed by atoms with Crippen LogP contribution < -0.4 is 5.32 Å². The van der Waals surface area contributed by atoms with Crippen LogP contribution in [0.1, 0.15) is 39.7 Å². The molecule has 2 N–H and O–H groups in total. The topological polar surface area (TPSA) is 107 Å². The van der Waals surface area contributed by atoms with Gasteiger partial charge in [0.1, 0.15) is 5.60 Å². The predicted molar refractivity (Wildman–Crippen MR) is 108 cm³/mol. The largest absolute Gasteiger partial charge is 0.466 e. The Hall–Kier alpha value is -2.87. The van der Waals surface area contributed by atoms with Crippen LogP contribution in [0.3, 0.4) is 0 Å². The highest BCUT2D eigenvalue weighted by atomic mass is 16.6. The highest BCUT2D eigenvalue weighted by molar-refractivity contribution is 5.88. The molecule has 2 rings (SSSR count). The van der Waals surface area contributed by atoms with Crippen LogP contribution in [-0.4, -0.2) is 52.5 Å². The summed E-state index contributed by atoms with van der Waals surface area (Å²) in [6.45, 7) is 7.06. The fraction of sp³-hybridized carbons (Fsp3) is 0.476. The zero-order valence-electron chi connectivity index (χ0n) is 17.2. The number of hydrogen-bond donors (Lipinski definition) is 2. The van der Waals surface area contributed by atoms with Crippen molar-refractivity contribution in [2.75, 3.05) is 6.61 Å². The second-order valence-corrected chi connectivity index (χ2v) is 7.72. The molecule has 0 aliphatic rings. The van der Waals surface area contributed by atoms with Gasteiger partial charge in [0.05, 0.1) is 30.7 Å². The van der Waals surface area contributed by atoms with Crippen molar-refractivity contribution >= 4 is 29.4 Å². The van der Waals surface area contributed by atoms with Crippen LogP contribution in [0, 0.1) is 0 Å². The van der Waals surface area contributed by atoms with Gasteiger partial charge in [-0.1, -0.05) is 18.2 Å². The molecule has 158 valence electrons. The smallest absolute Gasteiger partial charge is 0.407 e. The minimum Gasteiger partial charge on any atom is -0.466 e. The average Bonchev–Trinajstić information content (AvgIpc) is 2.97. The summed E-state index contributed by atoms with van der Waals surface area (Å²) in [7, 11) is 0. The number of carbonyl (C=O) groups is 3. The van der Waals surface area contributed by atoms with E-state index in [2.05, 4.69) is 5.32 Å². The Morgan fingerprint density at radius 2 is 1.97 bits per heavy atom. The van der Waals surface area contributed by atoms with E-state index in [-0.39, 0.29) is 19.4 Å². The van der Waals surface area contributed by atoms with Gasteiger partial charge in [0.2, 0.25) is 6.41 Å². The molecular formula is C21H28N2O6. The van der Waals surface area contributed by atoms with Crippen LogP contribution >= 0.6 is 0 Å². The summed E-state index contributed by atoms with van der Waals surface area (Å²) < 4.78 is 11.6. The SMILES string of the molecule is CCOC(=O)C[C@H](O)[C@@H](Cc1cn(C=O)c2ccccc12)NC(=O)OC(C)(C)C. The highest BCUT2D eigenvalue weighted by Gasteiger charge is 2.28. The average molecular weight is 404 g/mol. The fourth-order valence-electron chi connectivity index (χ4n) is 3.04. The van der Waals surface area contributed by atoms with Crippen LogP contribution in [0.4, 0.5) is 4.79 Å². The lowest BCUT2D eigenvalue weighted by molar-refractivity contribution is -0.145. The number of fused-ring (bicyclic) bond motifs is 1. The maximum absolute atomic E-state index is 12.3. The van der Waals surface area contributed by atoms with Crippen molar-refractivity contribution in [1.82, 2.24) is 9.88 Å². The number of carbonyl (C=O) groups excluding carboxylic acids is 3. The van der Waals surface area contributed by atoms with Crippen molar-refractivity contribution in [2.45, 2.75) is 58.3 Å². The molecule has 0 radical (unpaired) electrons. The van der Waals surface area contributed by atoms with Crippen molar-refractivity contribution in [3.05, 3.63) is 36.0 Å². The zero-order valence-corrected chi connectivity index (χ0v) is 17.2. The third-order valence-corrected chi connectivity index (χ3v) is 4.22. The van der Waals surface area contributed by atoms with Crippen molar-refractivity contribution in [3.8, 4) is 0 Å². The second-order valence-electron chi connectivity index (χ2n) is 7.72. The summed E-state index contributed by atoms with van der Waals surface area (Å²) in [5.41, 5.74) is 0.749. The molecule has 1 amide bonds. The van der Waals surface area contributed by atoms with Crippen molar-refractivity contribution in [3.63, 3.8) is 0 Å². The molecule has 0 saturated carbocycles. The molecular weight excluding hydrogens is 376 g/mol.